The predicted molar refractivity (Wildman–Crippen MR) is 70.6 cm³/mol. The van der Waals surface area contributed by atoms with Gasteiger partial charge in [0, 0.05) is 11.9 Å². The van der Waals surface area contributed by atoms with Gasteiger partial charge in [-0.25, -0.2) is 4.98 Å². The molecule has 0 bridgehead atoms. The molecule has 0 aromatic carbocycles. The molecule has 16 heavy (non-hydrogen) atoms. The summed E-state index contributed by atoms with van der Waals surface area (Å²) in [6.45, 7) is 6.41. The van der Waals surface area contributed by atoms with Gasteiger partial charge in [0.15, 0.2) is 5.13 Å². The minimum atomic E-state index is 0.666. The Kier molecular flexibility index (Phi) is 5.73. The molecule has 0 aliphatic heterocycles. The lowest BCUT2D eigenvalue weighted by molar-refractivity contribution is 0.257. The Hall–Kier alpha value is -0.650. The van der Waals surface area contributed by atoms with Crippen LogP contribution in [-0.2, 0) is 6.54 Å². The van der Waals surface area contributed by atoms with Crippen molar-refractivity contribution < 1.29 is 0 Å². The number of nitrogens with zero attached hydrogens (tertiary/aromatic N) is 3. The van der Waals surface area contributed by atoms with Gasteiger partial charge in [-0.2, -0.15) is 0 Å². The third-order valence-corrected chi connectivity index (χ3v) is 3.20. The van der Waals surface area contributed by atoms with Crippen LogP contribution in [0.2, 0.25) is 0 Å². The lowest BCUT2D eigenvalue weighted by Gasteiger charge is -2.20. The Balaban J connectivity index is 2.31. The molecule has 0 unspecified atom stereocenters. The Morgan fingerprint density at radius 3 is 2.62 bits per heavy atom. The fraction of sp³-hybridized carbons (Fsp3) is 0.727. The van der Waals surface area contributed by atoms with Crippen molar-refractivity contribution in [2.75, 3.05) is 39.5 Å². The second kappa shape index (κ2) is 6.83. The van der Waals surface area contributed by atoms with Crippen LogP contribution in [0.3, 0.4) is 0 Å². The number of hydrogen-bond acceptors (Lipinski definition) is 5. The van der Waals surface area contributed by atoms with Crippen LogP contribution in [0.15, 0.2) is 5.38 Å². The van der Waals surface area contributed by atoms with E-state index in [2.05, 4.69) is 35.8 Å². The lowest BCUT2D eigenvalue weighted by Crippen LogP contribution is -2.27. The van der Waals surface area contributed by atoms with Crippen molar-refractivity contribution in [1.82, 2.24) is 14.8 Å². The smallest absolute Gasteiger partial charge is 0.180 e. The number of nitrogen functional groups attached to an aromatic ring is 1. The summed E-state index contributed by atoms with van der Waals surface area (Å²) in [5.74, 6) is 0. The maximum atomic E-state index is 5.62. The highest BCUT2D eigenvalue weighted by Crippen LogP contribution is 2.13. The van der Waals surface area contributed by atoms with E-state index >= 15 is 0 Å². The standard InChI is InChI=1S/C11H22N4S/c1-4-15(7-5-6-14(2)3)8-10-9-16-11(12)13-10/h9H,4-8H2,1-3H3,(H2,12,13). The van der Waals surface area contributed by atoms with Gasteiger partial charge in [-0.1, -0.05) is 6.92 Å². The molecule has 1 rings (SSSR count). The van der Waals surface area contributed by atoms with Crippen molar-refractivity contribution in [3.8, 4) is 0 Å². The SMILES string of the molecule is CCN(CCCN(C)C)Cc1csc(N)n1. The molecule has 0 saturated heterocycles. The quantitative estimate of drug-likeness (QED) is 0.787. The molecule has 92 valence electrons. The molecule has 0 radical (unpaired) electrons. The minimum Gasteiger partial charge on any atom is -0.375 e. The van der Waals surface area contributed by atoms with E-state index in [1.807, 2.05) is 5.38 Å². The highest BCUT2D eigenvalue weighted by molar-refractivity contribution is 7.13. The summed E-state index contributed by atoms with van der Waals surface area (Å²) in [4.78, 5) is 8.90. The highest BCUT2D eigenvalue weighted by atomic mass is 32.1. The number of hydrogen-bond donors (Lipinski definition) is 1. The number of rotatable bonds is 7. The highest BCUT2D eigenvalue weighted by Gasteiger charge is 2.06. The predicted octanol–water partition coefficient (Wildman–Crippen LogP) is 1.50. The first-order valence-corrected chi connectivity index (χ1v) is 6.56. The number of nitrogens with two attached hydrogens (primary N) is 1. The Morgan fingerprint density at radius 1 is 1.38 bits per heavy atom. The summed E-state index contributed by atoms with van der Waals surface area (Å²) >= 11 is 1.52. The van der Waals surface area contributed by atoms with Crippen LogP contribution in [0.4, 0.5) is 5.13 Å². The molecule has 0 atom stereocenters. The third kappa shape index (κ3) is 4.92. The van der Waals surface area contributed by atoms with E-state index in [0.29, 0.717) is 5.13 Å². The molecule has 0 amide bonds. The zero-order valence-corrected chi connectivity index (χ0v) is 11.3. The van der Waals surface area contributed by atoms with E-state index < -0.39 is 0 Å². The Labute approximate surface area is 102 Å². The molecule has 0 fully saturated rings. The van der Waals surface area contributed by atoms with Crippen molar-refractivity contribution in [3.63, 3.8) is 0 Å². The van der Waals surface area contributed by atoms with E-state index in [4.69, 9.17) is 5.73 Å². The van der Waals surface area contributed by atoms with Crippen molar-refractivity contribution in [1.29, 1.82) is 0 Å². The fourth-order valence-corrected chi connectivity index (χ4v) is 2.14. The second-order valence-corrected chi connectivity index (χ2v) is 5.09. The van der Waals surface area contributed by atoms with Gasteiger partial charge in [0.05, 0.1) is 5.69 Å². The molecule has 1 aromatic rings. The second-order valence-electron chi connectivity index (χ2n) is 4.20. The molecule has 0 saturated carbocycles. The topological polar surface area (TPSA) is 45.4 Å². The van der Waals surface area contributed by atoms with Crippen molar-refractivity contribution in [2.45, 2.75) is 19.9 Å². The van der Waals surface area contributed by atoms with Crippen molar-refractivity contribution in [3.05, 3.63) is 11.1 Å². The van der Waals surface area contributed by atoms with Gasteiger partial charge in [-0.05, 0) is 40.2 Å². The summed E-state index contributed by atoms with van der Waals surface area (Å²) in [5.41, 5.74) is 6.71. The minimum absolute atomic E-state index is 0.666. The molecule has 2 N–H and O–H groups in total. The fourth-order valence-electron chi connectivity index (χ4n) is 1.58. The maximum absolute atomic E-state index is 5.62. The van der Waals surface area contributed by atoms with E-state index in [1.54, 1.807) is 0 Å². The molecule has 1 aromatic heterocycles. The molecule has 0 aliphatic carbocycles. The van der Waals surface area contributed by atoms with Crippen LogP contribution in [0, 0.1) is 0 Å². The summed E-state index contributed by atoms with van der Waals surface area (Å²) < 4.78 is 0. The van der Waals surface area contributed by atoms with Gasteiger partial charge in [-0.3, -0.25) is 4.90 Å². The van der Waals surface area contributed by atoms with Gasteiger partial charge >= 0.3 is 0 Å². The van der Waals surface area contributed by atoms with Gasteiger partial charge < -0.3 is 10.6 Å². The Morgan fingerprint density at radius 2 is 2.12 bits per heavy atom. The molecule has 5 heteroatoms. The van der Waals surface area contributed by atoms with Gasteiger partial charge in [-0.15, -0.1) is 11.3 Å². The normalized spacial score (nSPS) is 11.6. The molecular weight excluding hydrogens is 220 g/mol. The lowest BCUT2D eigenvalue weighted by atomic mass is 10.3. The molecule has 4 nitrogen and oxygen atoms in total. The zero-order valence-electron chi connectivity index (χ0n) is 10.4. The molecule has 0 spiro atoms. The largest absolute Gasteiger partial charge is 0.375 e. The first-order valence-electron chi connectivity index (χ1n) is 5.68. The van der Waals surface area contributed by atoms with Crippen molar-refractivity contribution >= 4 is 16.5 Å². The van der Waals surface area contributed by atoms with Gasteiger partial charge in [0.25, 0.3) is 0 Å². The van der Waals surface area contributed by atoms with Crippen LogP contribution >= 0.6 is 11.3 Å². The first-order chi connectivity index (χ1) is 7.61. The summed E-state index contributed by atoms with van der Waals surface area (Å²) in [6, 6.07) is 0. The number of anilines is 1. The van der Waals surface area contributed by atoms with Crippen LogP contribution in [-0.4, -0.2) is 48.5 Å². The Bertz CT molecular complexity index is 298. The van der Waals surface area contributed by atoms with Gasteiger partial charge in [0.1, 0.15) is 0 Å². The van der Waals surface area contributed by atoms with E-state index in [1.165, 1.54) is 17.8 Å². The summed E-state index contributed by atoms with van der Waals surface area (Å²) in [6.07, 6.45) is 1.19. The van der Waals surface area contributed by atoms with Crippen LogP contribution in [0.5, 0.6) is 0 Å². The molecule has 1 heterocycles. The van der Waals surface area contributed by atoms with Crippen LogP contribution < -0.4 is 5.73 Å². The van der Waals surface area contributed by atoms with E-state index in [-0.39, 0.29) is 0 Å². The maximum Gasteiger partial charge on any atom is 0.180 e. The first kappa shape index (κ1) is 13.4. The van der Waals surface area contributed by atoms with E-state index in [9.17, 15) is 0 Å². The average molecular weight is 242 g/mol. The van der Waals surface area contributed by atoms with Crippen LogP contribution in [0.25, 0.3) is 0 Å². The average Bonchev–Trinajstić information content (AvgIpc) is 2.62. The summed E-state index contributed by atoms with van der Waals surface area (Å²) in [7, 11) is 4.22. The monoisotopic (exact) mass is 242 g/mol. The van der Waals surface area contributed by atoms with Crippen LogP contribution in [0.1, 0.15) is 19.0 Å². The molecule has 0 aliphatic rings. The number of thiazole rings is 1. The number of aromatic nitrogens is 1. The van der Waals surface area contributed by atoms with E-state index in [0.717, 1.165) is 31.9 Å². The van der Waals surface area contributed by atoms with Crippen molar-refractivity contribution in [2.24, 2.45) is 0 Å². The summed E-state index contributed by atoms with van der Waals surface area (Å²) in [5, 5.41) is 2.71. The van der Waals surface area contributed by atoms with Gasteiger partial charge in [0.2, 0.25) is 0 Å². The third-order valence-electron chi connectivity index (χ3n) is 2.48. The zero-order chi connectivity index (χ0) is 12.0. The molecular formula is C11H22N4S.